The van der Waals surface area contributed by atoms with Crippen LogP contribution in [-0.4, -0.2) is 11.1 Å². The van der Waals surface area contributed by atoms with Gasteiger partial charge in [-0.05, 0) is 18.2 Å². The third-order valence-electron chi connectivity index (χ3n) is 1.92. The molecule has 0 radical (unpaired) electrons. The Kier molecular flexibility index (Phi) is 2.55. The maximum atomic E-state index is 12.8. The van der Waals surface area contributed by atoms with Gasteiger partial charge in [0.2, 0.25) is 5.76 Å². The van der Waals surface area contributed by atoms with E-state index in [0.717, 1.165) is 0 Å². The second-order valence-electron chi connectivity index (χ2n) is 3.07. The Morgan fingerprint density at radius 3 is 2.88 bits per heavy atom. The van der Waals surface area contributed by atoms with E-state index < -0.39 is 11.7 Å². The number of benzene rings is 1. The lowest BCUT2D eigenvalue weighted by Crippen LogP contribution is -2.11. The fourth-order valence-corrected chi connectivity index (χ4v) is 1.15. The quantitative estimate of drug-likeness (QED) is 0.755. The molecule has 2 aromatic rings. The molecular formula is C10H8FN3O2. The first-order chi connectivity index (χ1) is 7.66. The van der Waals surface area contributed by atoms with Crippen molar-refractivity contribution >= 4 is 17.3 Å². The monoisotopic (exact) mass is 221 g/mol. The first kappa shape index (κ1) is 10.2. The van der Waals surface area contributed by atoms with Crippen LogP contribution in [0.5, 0.6) is 0 Å². The van der Waals surface area contributed by atoms with Gasteiger partial charge in [0.1, 0.15) is 5.82 Å². The predicted octanol–water partition coefficient (Wildman–Crippen LogP) is 1.65. The van der Waals surface area contributed by atoms with Crippen molar-refractivity contribution in [3.05, 3.63) is 42.0 Å². The van der Waals surface area contributed by atoms with Gasteiger partial charge in [-0.2, -0.15) is 0 Å². The van der Waals surface area contributed by atoms with E-state index in [0.29, 0.717) is 5.69 Å². The molecule has 0 aliphatic rings. The summed E-state index contributed by atoms with van der Waals surface area (Å²) in [5.74, 6) is -0.927. The van der Waals surface area contributed by atoms with Gasteiger partial charge >= 0.3 is 0 Å². The van der Waals surface area contributed by atoms with Crippen molar-refractivity contribution < 1.29 is 13.7 Å². The number of halogens is 1. The first-order valence-electron chi connectivity index (χ1n) is 4.44. The van der Waals surface area contributed by atoms with E-state index in [9.17, 15) is 9.18 Å². The highest BCUT2D eigenvalue weighted by Crippen LogP contribution is 2.16. The minimum absolute atomic E-state index is 0.0321. The summed E-state index contributed by atoms with van der Waals surface area (Å²) in [5.41, 5.74) is 5.71. The van der Waals surface area contributed by atoms with Crippen LogP contribution in [0.15, 0.2) is 35.0 Å². The molecule has 1 amide bonds. The summed E-state index contributed by atoms with van der Waals surface area (Å²) in [7, 11) is 0. The molecule has 0 spiro atoms. The molecule has 0 fully saturated rings. The van der Waals surface area contributed by atoms with Crippen LogP contribution in [0, 0.1) is 5.82 Å². The topological polar surface area (TPSA) is 81.1 Å². The summed E-state index contributed by atoms with van der Waals surface area (Å²) in [6.45, 7) is 0. The van der Waals surface area contributed by atoms with Crippen LogP contribution in [0.25, 0.3) is 0 Å². The Labute approximate surface area is 90.0 Å². The highest BCUT2D eigenvalue weighted by Gasteiger charge is 2.10. The third-order valence-corrected chi connectivity index (χ3v) is 1.92. The van der Waals surface area contributed by atoms with Crippen molar-refractivity contribution in [2.24, 2.45) is 0 Å². The zero-order valence-corrected chi connectivity index (χ0v) is 8.11. The summed E-state index contributed by atoms with van der Waals surface area (Å²) in [4.78, 5) is 11.5. The molecule has 1 aromatic heterocycles. The number of nitrogen functional groups attached to an aromatic ring is 1. The van der Waals surface area contributed by atoms with E-state index in [2.05, 4.69) is 15.0 Å². The maximum Gasteiger partial charge on any atom is 0.294 e. The largest absolute Gasteiger partial charge is 0.396 e. The molecule has 0 unspecified atom stereocenters. The summed E-state index contributed by atoms with van der Waals surface area (Å²) in [6, 6.07) is 5.32. The number of carbonyl (C=O) groups is 1. The molecule has 2 rings (SSSR count). The summed E-state index contributed by atoms with van der Waals surface area (Å²) >= 11 is 0. The molecule has 1 heterocycles. The zero-order valence-electron chi connectivity index (χ0n) is 8.11. The molecule has 0 bridgehead atoms. The lowest BCUT2D eigenvalue weighted by atomic mass is 10.2. The van der Waals surface area contributed by atoms with Crippen molar-refractivity contribution in [2.75, 3.05) is 11.1 Å². The second kappa shape index (κ2) is 4.01. The van der Waals surface area contributed by atoms with Crippen LogP contribution in [0.1, 0.15) is 10.6 Å². The molecule has 1 aromatic carbocycles. The number of anilines is 2. The van der Waals surface area contributed by atoms with Crippen molar-refractivity contribution in [1.29, 1.82) is 0 Å². The molecule has 3 N–H and O–H groups in total. The van der Waals surface area contributed by atoms with E-state index in [1.165, 1.54) is 30.5 Å². The van der Waals surface area contributed by atoms with Crippen molar-refractivity contribution in [2.45, 2.75) is 0 Å². The van der Waals surface area contributed by atoms with Gasteiger partial charge in [-0.25, -0.2) is 4.39 Å². The number of hydrogen-bond donors (Lipinski definition) is 2. The second-order valence-corrected chi connectivity index (χ2v) is 3.07. The third kappa shape index (κ3) is 2.00. The molecule has 0 saturated heterocycles. The fourth-order valence-electron chi connectivity index (χ4n) is 1.15. The van der Waals surface area contributed by atoms with Crippen molar-refractivity contribution in [3.8, 4) is 0 Å². The Bertz CT molecular complexity index is 511. The van der Waals surface area contributed by atoms with Gasteiger partial charge < -0.3 is 15.6 Å². The Morgan fingerprint density at radius 2 is 2.25 bits per heavy atom. The summed E-state index contributed by atoms with van der Waals surface area (Å²) in [6.07, 6.45) is 1.36. The van der Waals surface area contributed by atoms with Gasteiger partial charge in [0.15, 0.2) is 0 Å². The highest BCUT2D eigenvalue weighted by atomic mass is 19.1. The van der Waals surface area contributed by atoms with Gasteiger partial charge in [0.25, 0.3) is 5.91 Å². The number of carbonyl (C=O) groups excluding carboxylic acids is 1. The van der Waals surface area contributed by atoms with Gasteiger partial charge in [-0.3, -0.25) is 4.79 Å². The highest BCUT2D eigenvalue weighted by molar-refractivity contribution is 6.02. The van der Waals surface area contributed by atoms with Gasteiger partial charge in [-0.15, -0.1) is 0 Å². The average molecular weight is 221 g/mol. The lowest BCUT2D eigenvalue weighted by molar-refractivity contribution is 0.0988. The van der Waals surface area contributed by atoms with Crippen molar-refractivity contribution in [1.82, 2.24) is 5.16 Å². The van der Waals surface area contributed by atoms with Gasteiger partial charge in [-0.1, -0.05) is 5.16 Å². The minimum Gasteiger partial charge on any atom is -0.396 e. The van der Waals surface area contributed by atoms with Crippen LogP contribution in [0.3, 0.4) is 0 Å². The molecular weight excluding hydrogens is 213 g/mol. The van der Waals surface area contributed by atoms with Crippen LogP contribution >= 0.6 is 0 Å². The van der Waals surface area contributed by atoms with Crippen LogP contribution in [0.4, 0.5) is 15.8 Å². The normalized spacial score (nSPS) is 10.1. The molecule has 82 valence electrons. The zero-order chi connectivity index (χ0) is 11.5. The van der Waals surface area contributed by atoms with E-state index in [4.69, 9.17) is 5.73 Å². The van der Waals surface area contributed by atoms with Gasteiger partial charge in [0, 0.05) is 11.8 Å². The molecule has 0 saturated carbocycles. The molecule has 6 heteroatoms. The van der Waals surface area contributed by atoms with E-state index in [-0.39, 0.29) is 11.4 Å². The van der Waals surface area contributed by atoms with E-state index in [1.807, 2.05) is 0 Å². The van der Waals surface area contributed by atoms with Crippen LogP contribution in [-0.2, 0) is 0 Å². The number of hydrogen-bond acceptors (Lipinski definition) is 4. The van der Waals surface area contributed by atoms with E-state index in [1.54, 1.807) is 0 Å². The number of nitrogens with one attached hydrogen (secondary N) is 1. The Balaban J connectivity index is 2.15. The summed E-state index contributed by atoms with van der Waals surface area (Å²) < 4.78 is 17.5. The molecule has 0 atom stereocenters. The molecule has 5 nitrogen and oxygen atoms in total. The standard InChI is InChI=1S/C10H8FN3O2/c11-7-2-1-6(5-8(7)12)14-10(15)9-3-4-13-16-9/h1-5H,12H2,(H,14,15). The number of rotatable bonds is 2. The molecule has 0 aliphatic carbocycles. The SMILES string of the molecule is Nc1cc(NC(=O)c2ccno2)ccc1F. The molecule has 0 aliphatic heterocycles. The Hall–Kier alpha value is -2.37. The molecule has 16 heavy (non-hydrogen) atoms. The maximum absolute atomic E-state index is 12.8. The number of amides is 1. The number of nitrogens with zero attached hydrogens (tertiary/aromatic N) is 1. The van der Waals surface area contributed by atoms with Gasteiger partial charge in [0.05, 0.1) is 11.9 Å². The van der Waals surface area contributed by atoms with Crippen LogP contribution in [0.2, 0.25) is 0 Å². The van der Waals surface area contributed by atoms with Crippen molar-refractivity contribution in [3.63, 3.8) is 0 Å². The fraction of sp³-hybridized carbons (Fsp3) is 0. The minimum atomic E-state index is -0.530. The lowest BCUT2D eigenvalue weighted by Gasteiger charge is -2.03. The number of nitrogens with two attached hydrogens (primary N) is 1. The summed E-state index contributed by atoms with van der Waals surface area (Å²) in [5, 5.41) is 5.89. The number of aromatic nitrogens is 1. The first-order valence-corrected chi connectivity index (χ1v) is 4.44. The van der Waals surface area contributed by atoms with E-state index >= 15 is 0 Å². The predicted molar refractivity (Wildman–Crippen MR) is 55.3 cm³/mol. The van der Waals surface area contributed by atoms with Crippen LogP contribution < -0.4 is 11.1 Å². The average Bonchev–Trinajstić information content (AvgIpc) is 2.77. The Morgan fingerprint density at radius 1 is 1.44 bits per heavy atom. The smallest absolute Gasteiger partial charge is 0.294 e.